The molecule has 9 heteroatoms. The number of carbonyl (C=O) groups excluding carboxylic acids is 1. The predicted molar refractivity (Wildman–Crippen MR) is 323 cm³/mol. The number of carbonyl (C=O) groups is 1. The van der Waals surface area contributed by atoms with E-state index in [1.54, 1.807) is 6.08 Å². The summed E-state index contributed by atoms with van der Waals surface area (Å²) in [5.41, 5.74) is 0. The first-order valence-electron chi connectivity index (χ1n) is 32.4. The molecule has 74 heavy (non-hydrogen) atoms. The molecule has 438 valence electrons. The second kappa shape index (κ2) is 56.4. The fraction of sp³-hybridized carbons (Fsp3) is 0.892. The highest BCUT2D eigenvalue weighted by Crippen LogP contribution is 2.43. The molecule has 0 saturated carbocycles. The zero-order chi connectivity index (χ0) is 54.2. The number of amides is 1. The monoisotopic (exact) mass is 1060 g/mol. The Morgan fingerprint density at radius 3 is 1.11 bits per heavy atom. The van der Waals surface area contributed by atoms with E-state index in [1.165, 1.54) is 257 Å². The number of phosphoric acid groups is 1. The van der Waals surface area contributed by atoms with E-state index in [9.17, 15) is 19.4 Å². The van der Waals surface area contributed by atoms with Crippen molar-refractivity contribution in [3.63, 3.8) is 0 Å². The Morgan fingerprint density at radius 1 is 0.459 bits per heavy atom. The van der Waals surface area contributed by atoms with Gasteiger partial charge in [-0.3, -0.25) is 13.8 Å². The highest BCUT2D eigenvalue weighted by Gasteiger charge is 2.28. The minimum Gasteiger partial charge on any atom is -0.387 e. The van der Waals surface area contributed by atoms with Gasteiger partial charge in [0, 0.05) is 6.42 Å². The molecule has 0 aromatic rings. The number of aliphatic hydroxyl groups is 1. The van der Waals surface area contributed by atoms with Crippen LogP contribution in [0.3, 0.4) is 0 Å². The molecule has 0 aliphatic rings. The summed E-state index contributed by atoms with van der Waals surface area (Å²) in [5.74, 6) is -0.177. The summed E-state index contributed by atoms with van der Waals surface area (Å²) >= 11 is 0. The smallest absolute Gasteiger partial charge is 0.387 e. The number of aliphatic hydroxyl groups excluding tert-OH is 1. The fourth-order valence-corrected chi connectivity index (χ4v) is 10.5. The number of unbranched alkanes of at least 4 members (excludes halogenated alkanes) is 43. The van der Waals surface area contributed by atoms with Crippen molar-refractivity contribution in [1.82, 2.24) is 5.32 Å². The molecule has 0 radical (unpaired) electrons. The summed E-state index contributed by atoms with van der Waals surface area (Å²) in [6.07, 6.45) is 74.1. The maximum atomic E-state index is 13.0. The number of allylic oxidation sites excluding steroid dienone is 5. The summed E-state index contributed by atoms with van der Waals surface area (Å²) in [5, 5.41) is 14.0. The third-order valence-corrected chi connectivity index (χ3v) is 15.8. The van der Waals surface area contributed by atoms with Crippen molar-refractivity contribution in [2.45, 2.75) is 334 Å². The van der Waals surface area contributed by atoms with Crippen LogP contribution in [0.15, 0.2) is 36.5 Å². The quantitative estimate of drug-likeness (QED) is 0.0243. The average molecular weight is 1060 g/mol. The van der Waals surface area contributed by atoms with Gasteiger partial charge in [-0.05, 0) is 51.4 Å². The van der Waals surface area contributed by atoms with Crippen LogP contribution in [0.5, 0.6) is 0 Å². The number of rotatable bonds is 60. The molecule has 0 aliphatic carbocycles. The van der Waals surface area contributed by atoms with Crippen molar-refractivity contribution in [3.05, 3.63) is 36.5 Å². The normalized spacial score (nSPS) is 14.0. The van der Waals surface area contributed by atoms with Crippen LogP contribution in [-0.2, 0) is 18.4 Å². The third-order valence-electron chi connectivity index (χ3n) is 14.9. The van der Waals surface area contributed by atoms with E-state index in [-0.39, 0.29) is 19.1 Å². The summed E-state index contributed by atoms with van der Waals surface area (Å²) in [7, 11) is 1.58. The van der Waals surface area contributed by atoms with Gasteiger partial charge in [0.1, 0.15) is 13.2 Å². The largest absolute Gasteiger partial charge is 0.472 e. The van der Waals surface area contributed by atoms with Crippen molar-refractivity contribution in [2.75, 3.05) is 40.9 Å². The van der Waals surface area contributed by atoms with Crippen molar-refractivity contribution in [3.8, 4) is 0 Å². The van der Waals surface area contributed by atoms with Crippen molar-refractivity contribution < 1.29 is 32.9 Å². The van der Waals surface area contributed by atoms with Gasteiger partial charge < -0.3 is 19.8 Å². The van der Waals surface area contributed by atoms with Crippen LogP contribution in [0, 0.1) is 0 Å². The van der Waals surface area contributed by atoms with Crippen LogP contribution >= 0.6 is 7.82 Å². The first-order valence-corrected chi connectivity index (χ1v) is 33.9. The molecule has 3 N–H and O–H groups in total. The zero-order valence-electron chi connectivity index (χ0n) is 50.1. The highest BCUT2D eigenvalue weighted by atomic mass is 31.2. The minimum atomic E-state index is -4.35. The van der Waals surface area contributed by atoms with E-state index in [4.69, 9.17) is 9.05 Å². The molecular weight excluding hydrogens is 936 g/mol. The van der Waals surface area contributed by atoms with Crippen LogP contribution in [0.1, 0.15) is 322 Å². The van der Waals surface area contributed by atoms with Crippen LogP contribution in [0.25, 0.3) is 0 Å². The van der Waals surface area contributed by atoms with Gasteiger partial charge in [0.05, 0.1) is 39.9 Å². The molecule has 0 saturated heterocycles. The molecule has 0 bridgehead atoms. The Labute approximate surface area is 461 Å². The van der Waals surface area contributed by atoms with Gasteiger partial charge in [0.2, 0.25) is 5.91 Å². The number of likely N-dealkylation sites (N-methyl/N-ethyl adjacent to an activating group) is 1. The molecule has 0 aromatic heterocycles. The number of phosphoric ester groups is 1. The van der Waals surface area contributed by atoms with Crippen molar-refractivity contribution in [2.24, 2.45) is 0 Å². The second-order valence-corrected chi connectivity index (χ2v) is 24.9. The lowest BCUT2D eigenvalue weighted by atomic mass is 10.0. The molecule has 0 aromatic carbocycles. The summed E-state index contributed by atoms with van der Waals surface area (Å²) < 4.78 is 23.8. The lowest BCUT2D eigenvalue weighted by Crippen LogP contribution is -2.45. The van der Waals surface area contributed by atoms with Gasteiger partial charge in [-0.1, -0.05) is 301 Å². The standard InChI is InChI=1S/C65H127N2O6P/c1-6-8-10-12-14-16-18-20-22-24-26-28-29-30-31-32-33-34-35-36-37-39-40-42-44-46-48-50-52-54-56-58-64(68)63(62-73-74(70,71)72-61-60-67(3,4)5)66-65(69)59-57-55-53-51-49-47-45-43-41-38-27-25-23-21-19-17-15-13-11-9-7-2/h19,21,25,27,56,58,63-64,68H,6-18,20,22-24,26,28-55,57,59-62H2,1-5H3,(H-,66,69,70,71)/p+1/b21-19-,27-25-,58-56+. The molecule has 0 rings (SSSR count). The predicted octanol–water partition coefficient (Wildman–Crippen LogP) is 20.1. The fourth-order valence-electron chi connectivity index (χ4n) is 9.78. The molecule has 0 heterocycles. The third kappa shape index (κ3) is 58.4. The highest BCUT2D eigenvalue weighted by molar-refractivity contribution is 7.47. The second-order valence-electron chi connectivity index (χ2n) is 23.5. The van der Waals surface area contributed by atoms with E-state index in [0.717, 1.165) is 44.9 Å². The Kier molecular flexibility index (Phi) is 55.5. The molecule has 3 atom stereocenters. The molecule has 0 spiro atoms. The van der Waals surface area contributed by atoms with Crippen LogP contribution in [0.2, 0.25) is 0 Å². The van der Waals surface area contributed by atoms with Crippen molar-refractivity contribution >= 4 is 13.7 Å². The number of quaternary nitrogens is 1. The van der Waals surface area contributed by atoms with Gasteiger partial charge >= 0.3 is 7.82 Å². The average Bonchev–Trinajstić information content (AvgIpc) is 3.36. The molecule has 1 amide bonds. The van der Waals surface area contributed by atoms with Crippen LogP contribution < -0.4 is 5.32 Å². The van der Waals surface area contributed by atoms with E-state index >= 15 is 0 Å². The number of hydrogen-bond donors (Lipinski definition) is 3. The minimum absolute atomic E-state index is 0.0612. The van der Waals surface area contributed by atoms with Gasteiger partial charge in [-0.2, -0.15) is 0 Å². The van der Waals surface area contributed by atoms with Gasteiger partial charge in [0.25, 0.3) is 0 Å². The lowest BCUT2D eigenvalue weighted by molar-refractivity contribution is -0.870. The summed E-state index contributed by atoms with van der Waals surface area (Å²) in [6, 6.07) is -0.850. The zero-order valence-corrected chi connectivity index (χ0v) is 51.0. The number of nitrogens with zero attached hydrogens (tertiary/aromatic N) is 1. The van der Waals surface area contributed by atoms with Crippen molar-refractivity contribution in [1.29, 1.82) is 0 Å². The van der Waals surface area contributed by atoms with Gasteiger partial charge in [-0.25, -0.2) is 4.57 Å². The molecule has 3 unspecified atom stereocenters. The number of hydrogen-bond acceptors (Lipinski definition) is 5. The Hall–Kier alpha value is -1.28. The Balaban J connectivity index is 4.09. The Morgan fingerprint density at radius 2 is 0.770 bits per heavy atom. The molecule has 0 aliphatic heterocycles. The molecule has 8 nitrogen and oxygen atoms in total. The van der Waals surface area contributed by atoms with Crippen LogP contribution in [-0.4, -0.2) is 73.4 Å². The Bertz CT molecular complexity index is 1300. The van der Waals surface area contributed by atoms with Gasteiger partial charge in [-0.15, -0.1) is 0 Å². The summed E-state index contributed by atoms with van der Waals surface area (Å²) in [6.45, 7) is 4.85. The van der Waals surface area contributed by atoms with E-state index in [0.29, 0.717) is 17.4 Å². The van der Waals surface area contributed by atoms with Crippen LogP contribution in [0.4, 0.5) is 0 Å². The first kappa shape index (κ1) is 72.7. The summed E-state index contributed by atoms with van der Waals surface area (Å²) in [4.78, 5) is 23.4. The maximum absolute atomic E-state index is 13.0. The molecule has 0 fully saturated rings. The first-order chi connectivity index (χ1) is 36.0. The number of nitrogens with one attached hydrogen (secondary N) is 1. The topological polar surface area (TPSA) is 105 Å². The maximum Gasteiger partial charge on any atom is 0.472 e. The van der Waals surface area contributed by atoms with E-state index in [2.05, 4.69) is 43.5 Å². The SMILES string of the molecule is CCCCCCC/C=C\C/C=C\CCCCCCCCCCCC(=O)NC(COP(=O)(O)OCC[N+](C)(C)C)C(O)/C=C/CCCCCCCCCCCCCCCCCCCCCCCCCCCCCCC. The van der Waals surface area contributed by atoms with Gasteiger partial charge in [0.15, 0.2) is 0 Å². The van der Waals surface area contributed by atoms with E-state index < -0.39 is 20.0 Å². The molecular formula is C65H128N2O6P+. The lowest BCUT2D eigenvalue weighted by Gasteiger charge is -2.25. The van der Waals surface area contributed by atoms with E-state index in [1.807, 2.05) is 27.2 Å².